The van der Waals surface area contributed by atoms with Crippen LogP contribution in [0.25, 0.3) is 10.2 Å². The van der Waals surface area contributed by atoms with E-state index < -0.39 is 0 Å². The Balaban J connectivity index is 1.90. The lowest BCUT2D eigenvalue weighted by Crippen LogP contribution is -2.04. The van der Waals surface area contributed by atoms with Crippen molar-refractivity contribution in [1.82, 2.24) is 4.98 Å². The number of para-hydroxylation sites is 1. The Kier molecular flexibility index (Phi) is 2.76. The zero-order chi connectivity index (χ0) is 12.5. The number of ether oxygens (including phenoxy) is 1. The average Bonchev–Trinajstić information content (AvgIpc) is 2.94. The van der Waals surface area contributed by atoms with Crippen molar-refractivity contribution in [1.29, 1.82) is 0 Å². The van der Waals surface area contributed by atoms with Crippen molar-refractivity contribution < 1.29 is 9.53 Å². The Morgan fingerprint density at radius 3 is 3.00 bits per heavy atom. The lowest BCUT2D eigenvalue weighted by Gasteiger charge is -2.03. The van der Waals surface area contributed by atoms with Crippen molar-refractivity contribution in [2.75, 3.05) is 11.9 Å². The summed E-state index contributed by atoms with van der Waals surface area (Å²) in [5.41, 5.74) is 2.52. The van der Waals surface area contributed by atoms with E-state index in [-0.39, 0.29) is 5.97 Å². The number of hydrogen-bond acceptors (Lipinski definition) is 5. The highest BCUT2D eigenvalue weighted by Crippen LogP contribution is 2.27. The summed E-state index contributed by atoms with van der Waals surface area (Å²) >= 11 is 1.58. The molecule has 92 valence electrons. The highest BCUT2D eigenvalue weighted by Gasteiger charge is 2.21. The minimum absolute atomic E-state index is 0.221. The summed E-state index contributed by atoms with van der Waals surface area (Å²) in [6.07, 6.45) is 0.669. The van der Waals surface area contributed by atoms with E-state index in [0.29, 0.717) is 18.6 Å². The largest absolute Gasteiger partial charge is 0.462 e. The van der Waals surface area contributed by atoms with Crippen LogP contribution in [0.4, 0.5) is 5.13 Å². The van der Waals surface area contributed by atoms with Crippen molar-refractivity contribution in [2.24, 2.45) is 0 Å². The summed E-state index contributed by atoms with van der Waals surface area (Å²) in [6, 6.07) is 7.96. The van der Waals surface area contributed by atoms with E-state index in [4.69, 9.17) is 4.74 Å². The minimum atomic E-state index is -0.221. The minimum Gasteiger partial charge on any atom is -0.462 e. The number of aromatic nitrogens is 1. The van der Waals surface area contributed by atoms with Gasteiger partial charge >= 0.3 is 5.97 Å². The van der Waals surface area contributed by atoms with Gasteiger partial charge in [-0.05, 0) is 19.1 Å². The third-order valence-electron chi connectivity index (χ3n) is 2.87. The van der Waals surface area contributed by atoms with Crippen LogP contribution in [0.15, 0.2) is 35.5 Å². The molecule has 0 aliphatic carbocycles. The summed E-state index contributed by atoms with van der Waals surface area (Å²) in [5, 5.41) is 4.00. The van der Waals surface area contributed by atoms with Gasteiger partial charge in [0.05, 0.1) is 22.4 Å². The third kappa shape index (κ3) is 1.97. The molecule has 1 aromatic heterocycles. The summed E-state index contributed by atoms with van der Waals surface area (Å²) < 4.78 is 6.06. The van der Waals surface area contributed by atoms with Gasteiger partial charge in [0.1, 0.15) is 0 Å². The lowest BCUT2D eigenvalue weighted by molar-refractivity contribution is -0.135. The van der Waals surface area contributed by atoms with Crippen LogP contribution >= 0.6 is 11.3 Å². The van der Waals surface area contributed by atoms with Crippen molar-refractivity contribution in [3.8, 4) is 0 Å². The zero-order valence-electron chi connectivity index (χ0n) is 9.90. The summed E-state index contributed by atoms with van der Waals surface area (Å²) in [4.78, 5) is 15.9. The molecular formula is C13H12N2O2S. The van der Waals surface area contributed by atoms with Crippen molar-refractivity contribution in [3.05, 3.63) is 35.5 Å². The molecule has 1 saturated heterocycles. The lowest BCUT2D eigenvalue weighted by atomic mass is 10.2. The van der Waals surface area contributed by atoms with E-state index in [1.165, 1.54) is 0 Å². The van der Waals surface area contributed by atoms with E-state index in [1.54, 1.807) is 11.3 Å². The highest BCUT2D eigenvalue weighted by atomic mass is 32.1. The van der Waals surface area contributed by atoms with Gasteiger partial charge in [-0.2, -0.15) is 0 Å². The Morgan fingerprint density at radius 2 is 2.28 bits per heavy atom. The summed E-state index contributed by atoms with van der Waals surface area (Å²) in [7, 11) is 0. The van der Waals surface area contributed by atoms with Crippen LogP contribution in [0.1, 0.15) is 13.3 Å². The highest BCUT2D eigenvalue weighted by molar-refractivity contribution is 7.22. The molecule has 1 aliphatic rings. The fourth-order valence-electron chi connectivity index (χ4n) is 1.94. The van der Waals surface area contributed by atoms with E-state index in [2.05, 4.69) is 10.3 Å². The first-order chi connectivity index (χ1) is 8.74. The number of anilines is 1. The number of benzene rings is 1. The quantitative estimate of drug-likeness (QED) is 0.666. The molecule has 2 heterocycles. The zero-order valence-corrected chi connectivity index (χ0v) is 10.7. The number of fused-ring (bicyclic) bond motifs is 1. The van der Waals surface area contributed by atoms with E-state index in [9.17, 15) is 4.79 Å². The Labute approximate surface area is 108 Å². The van der Waals surface area contributed by atoms with Gasteiger partial charge < -0.3 is 10.1 Å². The van der Waals surface area contributed by atoms with E-state index >= 15 is 0 Å². The number of carbonyl (C=O) groups is 1. The number of nitrogens with zero attached hydrogens (tertiary/aromatic N) is 1. The van der Waals surface area contributed by atoms with E-state index in [0.717, 1.165) is 21.0 Å². The number of allylic oxidation sites excluding steroid dienone is 1. The first-order valence-corrected chi connectivity index (χ1v) is 6.55. The molecular weight excluding hydrogens is 248 g/mol. The standard InChI is InChI=1S/C13H12N2O2S/c1-8(9-6-7-17-12(9)16)14-13-15-10-4-2-3-5-11(10)18-13/h2-5H,6-7H2,1H3,(H,14,15)/b9-8+. The molecule has 0 spiro atoms. The summed E-state index contributed by atoms with van der Waals surface area (Å²) in [6.45, 7) is 2.36. The maximum absolute atomic E-state index is 11.4. The van der Waals surface area contributed by atoms with Gasteiger partial charge in [0, 0.05) is 12.1 Å². The van der Waals surface area contributed by atoms with Gasteiger partial charge in [-0.15, -0.1) is 0 Å². The van der Waals surface area contributed by atoms with Gasteiger partial charge in [-0.25, -0.2) is 9.78 Å². The van der Waals surface area contributed by atoms with Gasteiger partial charge in [0.15, 0.2) is 5.13 Å². The predicted molar refractivity (Wildman–Crippen MR) is 71.5 cm³/mol. The van der Waals surface area contributed by atoms with Crippen LogP contribution < -0.4 is 5.32 Å². The molecule has 0 saturated carbocycles. The molecule has 4 nitrogen and oxygen atoms in total. The number of cyclic esters (lactones) is 1. The van der Waals surface area contributed by atoms with Crippen LogP contribution in [0.2, 0.25) is 0 Å². The molecule has 1 N–H and O–H groups in total. The molecule has 0 amide bonds. The van der Waals surface area contributed by atoms with Crippen LogP contribution in [0, 0.1) is 0 Å². The van der Waals surface area contributed by atoms with Gasteiger partial charge in [0.2, 0.25) is 0 Å². The number of thiazole rings is 1. The molecule has 18 heavy (non-hydrogen) atoms. The monoisotopic (exact) mass is 260 g/mol. The number of nitrogens with one attached hydrogen (secondary N) is 1. The number of rotatable bonds is 2. The first kappa shape index (κ1) is 11.2. The van der Waals surface area contributed by atoms with Crippen LogP contribution in [0.5, 0.6) is 0 Å². The molecule has 5 heteroatoms. The number of carbonyl (C=O) groups excluding carboxylic acids is 1. The fourth-order valence-corrected chi connectivity index (χ4v) is 2.86. The van der Waals surface area contributed by atoms with Crippen molar-refractivity contribution >= 4 is 32.7 Å². The Morgan fingerprint density at radius 1 is 1.44 bits per heavy atom. The van der Waals surface area contributed by atoms with Crippen LogP contribution in [0.3, 0.4) is 0 Å². The maximum atomic E-state index is 11.4. The van der Waals surface area contributed by atoms with Gasteiger partial charge in [-0.3, -0.25) is 0 Å². The SMILES string of the molecule is C/C(Nc1nc2ccccc2s1)=C1/CCOC1=O. The second-order valence-corrected chi connectivity index (χ2v) is 5.13. The second-order valence-electron chi connectivity index (χ2n) is 4.10. The molecule has 1 fully saturated rings. The van der Waals surface area contributed by atoms with Crippen molar-refractivity contribution in [3.63, 3.8) is 0 Å². The predicted octanol–water partition coefficient (Wildman–Crippen LogP) is 2.93. The van der Waals surface area contributed by atoms with Crippen molar-refractivity contribution in [2.45, 2.75) is 13.3 Å². The molecule has 1 aromatic carbocycles. The molecule has 3 rings (SSSR count). The van der Waals surface area contributed by atoms with Crippen LogP contribution in [-0.2, 0) is 9.53 Å². The number of hydrogen-bond donors (Lipinski definition) is 1. The molecule has 0 bridgehead atoms. The smallest absolute Gasteiger partial charge is 0.335 e. The normalized spacial score (nSPS) is 17.9. The van der Waals surface area contributed by atoms with Gasteiger partial charge in [-0.1, -0.05) is 23.5 Å². The molecule has 2 aromatic rings. The first-order valence-electron chi connectivity index (χ1n) is 5.73. The Hall–Kier alpha value is -1.88. The topological polar surface area (TPSA) is 51.2 Å². The molecule has 0 atom stereocenters. The summed E-state index contributed by atoms with van der Waals surface area (Å²) in [5.74, 6) is -0.221. The third-order valence-corrected chi connectivity index (χ3v) is 3.82. The fraction of sp³-hybridized carbons (Fsp3) is 0.231. The van der Waals surface area contributed by atoms with E-state index in [1.807, 2.05) is 31.2 Å². The maximum Gasteiger partial charge on any atom is 0.335 e. The Bertz CT molecular complexity index is 612. The van der Waals surface area contributed by atoms with Gasteiger partial charge in [0.25, 0.3) is 0 Å². The molecule has 1 aliphatic heterocycles. The second kappa shape index (κ2) is 4.42. The molecule has 0 unspecified atom stereocenters. The number of esters is 1. The molecule has 0 radical (unpaired) electrons. The average molecular weight is 260 g/mol. The van der Waals surface area contributed by atoms with Crippen LogP contribution in [-0.4, -0.2) is 17.6 Å².